The Morgan fingerprint density at radius 1 is 0.946 bits per heavy atom. The molecule has 3 heterocycles. The van der Waals surface area contributed by atoms with Gasteiger partial charge in [-0.3, -0.25) is 9.78 Å². The molecule has 37 heavy (non-hydrogen) atoms. The summed E-state index contributed by atoms with van der Waals surface area (Å²) < 4.78 is 38.2. The fourth-order valence-electron chi connectivity index (χ4n) is 5.48. The van der Waals surface area contributed by atoms with E-state index in [0.29, 0.717) is 12.8 Å². The first-order valence-corrected chi connectivity index (χ1v) is 13.2. The molecule has 2 aromatic carbocycles. The van der Waals surface area contributed by atoms with Crippen LogP contribution in [-0.2, 0) is 11.3 Å². The number of pyridine rings is 1. The molecule has 0 bridgehead atoms. The second-order valence-corrected chi connectivity index (χ2v) is 10.9. The number of thioether (sulfide) groups is 1. The summed E-state index contributed by atoms with van der Waals surface area (Å²) in [5.74, 6) is -0.313. The van der Waals surface area contributed by atoms with Crippen LogP contribution >= 0.6 is 11.8 Å². The number of halogens is 3. The van der Waals surface area contributed by atoms with Gasteiger partial charge in [-0.2, -0.15) is 13.2 Å². The summed E-state index contributed by atoms with van der Waals surface area (Å²) in [7, 11) is 0. The summed E-state index contributed by atoms with van der Waals surface area (Å²) in [6.07, 6.45) is 6.38. The number of carbonyl (C=O) groups excluding carboxylic acids is 2. The quantitative estimate of drug-likeness (QED) is 0.287. The Morgan fingerprint density at radius 2 is 1.65 bits per heavy atom. The number of urea groups is 1. The number of carbonyl (C=O) groups is 2. The van der Waals surface area contributed by atoms with Gasteiger partial charge < -0.3 is 9.80 Å². The number of benzene rings is 2. The number of hydrogen-bond acceptors (Lipinski definition) is 5. The van der Waals surface area contributed by atoms with Crippen molar-refractivity contribution in [2.45, 2.75) is 54.6 Å². The smallest absolute Gasteiger partial charge is 0.370 e. The van der Waals surface area contributed by atoms with Crippen molar-refractivity contribution in [3.63, 3.8) is 0 Å². The highest BCUT2D eigenvalue weighted by atomic mass is 32.2. The molecule has 1 aromatic heterocycles. The van der Waals surface area contributed by atoms with E-state index in [9.17, 15) is 22.8 Å². The van der Waals surface area contributed by atoms with E-state index in [0.717, 1.165) is 53.0 Å². The number of piperidine rings is 1. The lowest BCUT2D eigenvalue weighted by atomic mass is 10.0. The molecule has 6 nitrogen and oxygen atoms in total. The Hall–Kier alpha value is -3.27. The standard InChI is InChI=1S/C27H25F3N4O2S/c28-27(29,30)37-19-10-8-18(9-11-19)34-24(35)26(12-13-26)33(25(34)36)17-21-20-6-2-3-7-22(20)31-16-23(21)32-14-4-1-5-15-32/h2-3,6-11,16H,1,4-5,12-15,17H2. The second-order valence-electron chi connectivity index (χ2n) is 9.77. The van der Waals surface area contributed by atoms with Crippen molar-refractivity contribution in [2.75, 3.05) is 22.9 Å². The maximum Gasteiger partial charge on any atom is 0.446 e. The summed E-state index contributed by atoms with van der Waals surface area (Å²) in [4.78, 5) is 37.0. The van der Waals surface area contributed by atoms with Gasteiger partial charge >= 0.3 is 11.5 Å². The Bertz CT molecular complexity index is 1370. The van der Waals surface area contributed by atoms with Gasteiger partial charge in [-0.05, 0) is 74.2 Å². The van der Waals surface area contributed by atoms with Crippen molar-refractivity contribution in [1.82, 2.24) is 9.88 Å². The lowest BCUT2D eigenvalue weighted by Crippen LogP contribution is -2.38. The third-order valence-corrected chi connectivity index (χ3v) is 8.21. The van der Waals surface area contributed by atoms with E-state index >= 15 is 0 Å². The molecule has 192 valence electrons. The number of anilines is 2. The van der Waals surface area contributed by atoms with Gasteiger partial charge in [0.05, 0.1) is 29.6 Å². The third kappa shape index (κ3) is 4.31. The van der Waals surface area contributed by atoms with Crippen LogP contribution < -0.4 is 9.80 Å². The molecule has 0 radical (unpaired) electrons. The van der Waals surface area contributed by atoms with Gasteiger partial charge in [0.15, 0.2) is 0 Å². The average Bonchev–Trinajstić information content (AvgIpc) is 3.66. The second kappa shape index (κ2) is 8.93. The molecule has 3 amide bonds. The summed E-state index contributed by atoms with van der Waals surface area (Å²) >= 11 is -0.225. The molecule has 0 atom stereocenters. The highest BCUT2D eigenvalue weighted by Crippen LogP contribution is 2.50. The summed E-state index contributed by atoms with van der Waals surface area (Å²) in [6.45, 7) is 2.09. The zero-order chi connectivity index (χ0) is 25.8. The maximum absolute atomic E-state index is 13.7. The van der Waals surface area contributed by atoms with Crippen molar-refractivity contribution < 1.29 is 22.8 Å². The van der Waals surface area contributed by atoms with Gasteiger partial charge in [0.25, 0.3) is 5.91 Å². The molecule has 3 aromatic rings. The molecule has 2 aliphatic heterocycles. The number of rotatable bonds is 5. The van der Waals surface area contributed by atoms with E-state index in [4.69, 9.17) is 0 Å². The van der Waals surface area contributed by atoms with E-state index in [1.165, 1.54) is 30.7 Å². The van der Waals surface area contributed by atoms with Crippen LogP contribution in [0.1, 0.15) is 37.7 Å². The predicted octanol–water partition coefficient (Wildman–Crippen LogP) is 6.34. The SMILES string of the molecule is O=C1N(c2ccc(SC(F)(F)F)cc2)C(=O)C2(CC2)N1Cc1c(N2CCCCC2)cnc2ccccc12. The van der Waals surface area contributed by atoms with E-state index in [1.54, 1.807) is 4.90 Å². The Morgan fingerprint density at radius 3 is 2.32 bits per heavy atom. The summed E-state index contributed by atoms with van der Waals surface area (Å²) in [5.41, 5.74) is -2.24. The monoisotopic (exact) mass is 526 g/mol. The van der Waals surface area contributed by atoms with Crippen molar-refractivity contribution in [3.05, 3.63) is 60.3 Å². The minimum Gasteiger partial charge on any atom is -0.370 e. The van der Waals surface area contributed by atoms with Crippen LogP contribution in [0.25, 0.3) is 10.9 Å². The van der Waals surface area contributed by atoms with Crippen LogP contribution in [0.4, 0.5) is 29.3 Å². The molecular weight excluding hydrogens is 501 g/mol. The van der Waals surface area contributed by atoms with E-state index in [-0.39, 0.29) is 34.8 Å². The van der Waals surface area contributed by atoms with Crippen LogP contribution in [0.15, 0.2) is 59.6 Å². The zero-order valence-corrected chi connectivity index (χ0v) is 20.8. The van der Waals surface area contributed by atoms with Crippen LogP contribution in [-0.4, -0.2) is 46.0 Å². The van der Waals surface area contributed by atoms with Crippen LogP contribution in [0.3, 0.4) is 0 Å². The minimum absolute atomic E-state index is 0.00256. The fraction of sp³-hybridized carbons (Fsp3) is 0.370. The van der Waals surface area contributed by atoms with Crippen molar-refractivity contribution in [2.24, 2.45) is 0 Å². The summed E-state index contributed by atoms with van der Waals surface area (Å²) in [6, 6.07) is 12.8. The van der Waals surface area contributed by atoms with Gasteiger partial charge in [-0.1, -0.05) is 18.2 Å². The third-order valence-electron chi connectivity index (χ3n) is 7.47. The number of aromatic nitrogens is 1. The molecule has 0 unspecified atom stereocenters. The molecule has 10 heteroatoms. The van der Waals surface area contributed by atoms with Crippen LogP contribution in [0.2, 0.25) is 0 Å². The highest BCUT2D eigenvalue weighted by Gasteiger charge is 2.65. The summed E-state index contributed by atoms with van der Waals surface area (Å²) in [5, 5.41) is 0.952. The minimum atomic E-state index is -4.41. The average molecular weight is 527 g/mol. The molecule has 3 aliphatic rings. The van der Waals surface area contributed by atoms with Crippen LogP contribution in [0.5, 0.6) is 0 Å². The molecule has 0 N–H and O–H groups in total. The molecule has 6 rings (SSSR count). The van der Waals surface area contributed by atoms with Gasteiger partial charge in [0.1, 0.15) is 5.54 Å². The van der Waals surface area contributed by atoms with Gasteiger partial charge in [-0.15, -0.1) is 0 Å². The van der Waals surface area contributed by atoms with Gasteiger partial charge in [-0.25, -0.2) is 9.69 Å². The molecule has 1 aliphatic carbocycles. The maximum atomic E-state index is 13.7. The molecule has 1 saturated carbocycles. The fourth-order valence-corrected chi connectivity index (χ4v) is 6.02. The van der Waals surface area contributed by atoms with E-state index in [1.807, 2.05) is 30.5 Å². The zero-order valence-electron chi connectivity index (χ0n) is 20.0. The predicted molar refractivity (Wildman–Crippen MR) is 137 cm³/mol. The first-order chi connectivity index (χ1) is 17.8. The number of amides is 3. The van der Waals surface area contributed by atoms with Gasteiger partial charge in [0, 0.05) is 28.9 Å². The largest absolute Gasteiger partial charge is 0.446 e. The topological polar surface area (TPSA) is 56.8 Å². The highest BCUT2D eigenvalue weighted by molar-refractivity contribution is 8.00. The van der Waals surface area contributed by atoms with E-state index in [2.05, 4.69) is 9.88 Å². The lowest BCUT2D eigenvalue weighted by Gasteiger charge is -2.32. The van der Waals surface area contributed by atoms with E-state index < -0.39 is 17.1 Å². The molecule has 3 fully saturated rings. The normalized spacial score (nSPS) is 19.4. The number of hydrogen-bond donors (Lipinski definition) is 0. The van der Waals surface area contributed by atoms with Crippen molar-refractivity contribution in [1.29, 1.82) is 0 Å². The number of fused-ring (bicyclic) bond motifs is 1. The van der Waals surface area contributed by atoms with Crippen molar-refractivity contribution >= 4 is 46.0 Å². The van der Waals surface area contributed by atoms with Crippen LogP contribution in [0, 0.1) is 0 Å². The molecule has 1 spiro atoms. The van der Waals surface area contributed by atoms with Gasteiger partial charge in [0.2, 0.25) is 0 Å². The Kier molecular flexibility index (Phi) is 5.82. The molecular formula is C27H25F3N4O2S. The first kappa shape index (κ1) is 24.1. The number of nitrogens with zero attached hydrogens (tertiary/aromatic N) is 4. The Balaban J connectivity index is 1.35. The van der Waals surface area contributed by atoms with Crippen molar-refractivity contribution in [3.8, 4) is 0 Å². The number of imide groups is 1. The Labute approximate surface area is 216 Å². The molecule has 2 saturated heterocycles. The number of alkyl halides is 3. The first-order valence-electron chi connectivity index (χ1n) is 12.4. The number of para-hydroxylation sites is 1. The lowest BCUT2D eigenvalue weighted by molar-refractivity contribution is -0.120.